The summed E-state index contributed by atoms with van der Waals surface area (Å²) in [6, 6.07) is 14.1. The van der Waals surface area contributed by atoms with Crippen LogP contribution in [-0.4, -0.2) is 83.1 Å². The van der Waals surface area contributed by atoms with Crippen molar-refractivity contribution < 1.29 is 41.7 Å². The Morgan fingerprint density at radius 3 is 2.16 bits per heavy atom. The van der Waals surface area contributed by atoms with Gasteiger partial charge in [-0.3, -0.25) is 19.8 Å². The van der Waals surface area contributed by atoms with Crippen molar-refractivity contribution in [3.63, 3.8) is 0 Å². The molecule has 3 rings (SSSR count). The van der Waals surface area contributed by atoms with Crippen LogP contribution in [0, 0.1) is 0 Å². The van der Waals surface area contributed by atoms with Gasteiger partial charge in [-0.25, -0.2) is 18.1 Å². The van der Waals surface area contributed by atoms with Crippen LogP contribution in [0.15, 0.2) is 59.5 Å². The molecule has 1 atom stereocenters. The lowest BCUT2D eigenvalue weighted by molar-refractivity contribution is -0.169. The van der Waals surface area contributed by atoms with Crippen molar-refractivity contribution in [3.05, 3.63) is 65.7 Å². The van der Waals surface area contributed by atoms with Crippen LogP contribution in [0.5, 0.6) is 5.75 Å². The van der Waals surface area contributed by atoms with Crippen molar-refractivity contribution in [3.8, 4) is 5.75 Å². The van der Waals surface area contributed by atoms with Crippen molar-refractivity contribution in [1.82, 2.24) is 15.2 Å². The molecule has 0 saturated heterocycles. The average Bonchev–Trinajstić information content (AvgIpc) is 2.99. The molecule has 0 aliphatic rings. The molecular weight excluding hydrogens is 652 g/mol. The van der Waals surface area contributed by atoms with Gasteiger partial charge in [0, 0.05) is 58.0 Å². The maximum atomic E-state index is 14.0. The highest BCUT2D eigenvalue weighted by atomic mass is 32.2. The molecule has 0 spiro atoms. The summed E-state index contributed by atoms with van der Waals surface area (Å²) < 4.78 is 53.4. The van der Waals surface area contributed by atoms with E-state index in [9.17, 15) is 22.8 Å². The molecule has 0 radical (unpaired) electrons. The number of carbonyl (C=O) groups is 3. The third kappa shape index (κ3) is 11.8. The van der Waals surface area contributed by atoms with Gasteiger partial charge >= 0.3 is 5.97 Å². The minimum atomic E-state index is -4.37. The van der Waals surface area contributed by atoms with Crippen LogP contribution in [0.1, 0.15) is 63.9 Å². The van der Waals surface area contributed by atoms with Gasteiger partial charge in [0.25, 0.3) is 5.91 Å². The van der Waals surface area contributed by atoms with Gasteiger partial charge < -0.3 is 24.3 Å². The Labute approximate surface area is 288 Å². The number of benzene rings is 3. The Balaban J connectivity index is 1.95. The topological polar surface area (TPSA) is 162 Å². The lowest BCUT2D eigenvalue weighted by atomic mass is 9.97. The van der Waals surface area contributed by atoms with Crippen LogP contribution in [0.2, 0.25) is 0 Å². The second-order valence-electron chi connectivity index (χ2n) is 12.4. The van der Waals surface area contributed by atoms with Gasteiger partial charge in [-0.2, -0.15) is 0 Å². The van der Waals surface area contributed by atoms with Crippen molar-refractivity contribution >= 4 is 44.3 Å². The molecule has 49 heavy (non-hydrogen) atoms. The summed E-state index contributed by atoms with van der Waals surface area (Å²) in [4.78, 5) is 37.3. The number of hydrogen-bond acceptors (Lipinski definition) is 10. The number of nitrogens with one attached hydrogen (secondary N) is 3. The maximum absolute atomic E-state index is 14.0. The standard InChI is InChI=1S/C35H48N4O9S/c1-9-45-34(46-10-2)29(22-32(41)48-35(4,5)6)38-49(43,44)31-18-16-25(36-23(3)40)21-30(31)47-20-19-24-15-17-28(33(42)37-39(7)8)27-14-12-11-13-26(24)27/h11-18,21,29,34,38H,9-10,19-20,22H2,1-8H3,(H,36,40)(H,37,42). The minimum absolute atomic E-state index is 0.0228. The second-order valence-corrected chi connectivity index (χ2v) is 14.1. The van der Waals surface area contributed by atoms with Gasteiger partial charge in [-0.15, -0.1) is 0 Å². The van der Waals surface area contributed by atoms with Crippen LogP contribution in [0.4, 0.5) is 5.69 Å². The number of amides is 2. The van der Waals surface area contributed by atoms with Gasteiger partial charge in [0.2, 0.25) is 15.9 Å². The monoisotopic (exact) mass is 700 g/mol. The van der Waals surface area contributed by atoms with Crippen LogP contribution < -0.4 is 20.2 Å². The first kappa shape index (κ1) is 39.4. The Hall–Kier alpha value is -4.08. The number of nitrogens with zero attached hydrogens (tertiary/aromatic N) is 1. The van der Waals surface area contributed by atoms with E-state index >= 15 is 0 Å². The molecule has 0 saturated carbocycles. The smallest absolute Gasteiger partial charge is 0.308 e. The zero-order chi connectivity index (χ0) is 36.4. The first-order valence-corrected chi connectivity index (χ1v) is 17.5. The van der Waals surface area contributed by atoms with Crippen molar-refractivity contribution in [2.75, 3.05) is 39.2 Å². The maximum Gasteiger partial charge on any atom is 0.308 e. The summed E-state index contributed by atoms with van der Waals surface area (Å²) in [7, 11) is -0.904. The van der Waals surface area contributed by atoms with Gasteiger partial charge in [0.1, 0.15) is 16.2 Å². The van der Waals surface area contributed by atoms with Crippen LogP contribution in [0.25, 0.3) is 10.8 Å². The summed E-state index contributed by atoms with van der Waals surface area (Å²) in [5, 5.41) is 5.83. The molecular formula is C35H48N4O9S. The fourth-order valence-electron chi connectivity index (χ4n) is 5.06. The molecule has 0 fully saturated rings. The molecule has 3 N–H and O–H groups in total. The van der Waals surface area contributed by atoms with E-state index in [-0.39, 0.29) is 48.7 Å². The second kappa shape index (κ2) is 17.5. The summed E-state index contributed by atoms with van der Waals surface area (Å²) in [6.07, 6.45) is -1.08. The fraction of sp³-hybridized carbons (Fsp3) is 0.457. The van der Waals surface area contributed by atoms with Gasteiger partial charge in [-0.05, 0) is 69.2 Å². The number of hydrazine groups is 1. The van der Waals surface area contributed by atoms with Gasteiger partial charge in [0.15, 0.2) is 6.29 Å². The number of anilines is 1. The lowest BCUT2D eigenvalue weighted by Crippen LogP contribution is -2.47. The van der Waals surface area contributed by atoms with Gasteiger partial charge in [-0.1, -0.05) is 30.3 Å². The molecule has 0 bridgehead atoms. The molecule has 2 amide bonds. The van der Waals surface area contributed by atoms with Crippen molar-refractivity contribution in [2.24, 2.45) is 0 Å². The zero-order valence-corrected chi connectivity index (χ0v) is 30.2. The van der Waals surface area contributed by atoms with E-state index in [1.54, 1.807) is 59.8 Å². The molecule has 14 heteroatoms. The summed E-state index contributed by atoms with van der Waals surface area (Å²) in [6.45, 7) is 10.4. The number of fused-ring (bicyclic) bond motifs is 1. The van der Waals surface area contributed by atoms with E-state index < -0.39 is 33.9 Å². The quantitative estimate of drug-likeness (QED) is 0.105. The van der Waals surface area contributed by atoms with Crippen LogP contribution >= 0.6 is 0 Å². The molecule has 13 nitrogen and oxygen atoms in total. The normalized spacial score (nSPS) is 12.6. The average molecular weight is 701 g/mol. The predicted molar refractivity (Wildman–Crippen MR) is 187 cm³/mol. The highest BCUT2D eigenvalue weighted by Crippen LogP contribution is 2.30. The molecule has 1 unspecified atom stereocenters. The van der Waals surface area contributed by atoms with Crippen LogP contribution in [-0.2, 0) is 40.2 Å². The summed E-state index contributed by atoms with van der Waals surface area (Å²) >= 11 is 0. The highest BCUT2D eigenvalue weighted by Gasteiger charge is 2.33. The van der Waals surface area contributed by atoms with Gasteiger partial charge in [0.05, 0.1) is 19.1 Å². The Kier molecular flexibility index (Phi) is 14.1. The van der Waals surface area contributed by atoms with E-state index in [0.29, 0.717) is 17.7 Å². The van der Waals surface area contributed by atoms with Crippen LogP contribution in [0.3, 0.4) is 0 Å². The van der Waals surface area contributed by atoms with E-state index in [1.807, 2.05) is 30.3 Å². The zero-order valence-electron chi connectivity index (χ0n) is 29.4. The lowest BCUT2D eigenvalue weighted by Gasteiger charge is -2.28. The summed E-state index contributed by atoms with van der Waals surface area (Å²) in [5.74, 6) is -1.26. The third-order valence-corrected chi connectivity index (χ3v) is 8.40. The Morgan fingerprint density at radius 1 is 0.918 bits per heavy atom. The highest BCUT2D eigenvalue weighted by molar-refractivity contribution is 7.89. The molecule has 268 valence electrons. The number of sulfonamides is 1. The number of ether oxygens (including phenoxy) is 4. The first-order valence-electron chi connectivity index (χ1n) is 16.0. The summed E-state index contributed by atoms with van der Waals surface area (Å²) in [5.41, 5.74) is 3.69. The molecule has 0 aliphatic heterocycles. The molecule has 0 aromatic heterocycles. The fourth-order valence-corrected chi connectivity index (χ4v) is 6.41. The Morgan fingerprint density at radius 2 is 1.57 bits per heavy atom. The van der Waals surface area contributed by atoms with E-state index in [4.69, 9.17) is 18.9 Å². The number of hydrogen-bond donors (Lipinski definition) is 3. The van der Waals surface area contributed by atoms with E-state index in [1.165, 1.54) is 25.1 Å². The van der Waals surface area contributed by atoms with Crippen molar-refractivity contribution in [2.45, 2.75) is 77.2 Å². The molecule has 0 aliphatic carbocycles. The first-order chi connectivity index (χ1) is 23.0. The molecule has 0 heterocycles. The number of esters is 1. The third-order valence-electron chi connectivity index (χ3n) is 6.87. The van der Waals surface area contributed by atoms with E-state index in [0.717, 1.165) is 16.3 Å². The largest absolute Gasteiger partial charge is 0.492 e. The molecule has 3 aromatic rings. The molecule has 3 aromatic carbocycles. The van der Waals surface area contributed by atoms with Crippen molar-refractivity contribution in [1.29, 1.82) is 0 Å². The SMILES string of the molecule is CCOC(OCC)C(CC(=O)OC(C)(C)C)NS(=O)(=O)c1ccc(NC(C)=O)cc1OCCc1ccc(C(=O)NN(C)C)c2ccccc12. The predicted octanol–water partition coefficient (Wildman–Crippen LogP) is 4.40. The number of rotatable bonds is 17. The van der Waals surface area contributed by atoms with E-state index in [2.05, 4.69) is 15.5 Å². The minimum Gasteiger partial charge on any atom is -0.492 e. The Bertz CT molecular complexity index is 1720. The number of carbonyl (C=O) groups excluding carboxylic acids is 3.